The van der Waals surface area contributed by atoms with Crippen molar-refractivity contribution in [2.75, 3.05) is 33.8 Å². The number of esters is 1. The van der Waals surface area contributed by atoms with Crippen LogP contribution in [0.2, 0.25) is 0 Å². The minimum absolute atomic E-state index is 0.0494. The Hall–Kier alpha value is -3.45. The Morgan fingerprint density at radius 3 is 2.31 bits per heavy atom. The zero-order valence-corrected chi connectivity index (χ0v) is 21.3. The van der Waals surface area contributed by atoms with Crippen LogP contribution in [0.15, 0.2) is 59.8 Å². The van der Waals surface area contributed by atoms with Crippen LogP contribution >= 0.6 is 0 Å². The van der Waals surface area contributed by atoms with Crippen molar-refractivity contribution in [3.8, 4) is 0 Å². The molecule has 0 aliphatic carbocycles. The van der Waals surface area contributed by atoms with Crippen molar-refractivity contribution in [2.24, 2.45) is 0 Å². The number of hydrogen-bond donors (Lipinski definition) is 1. The van der Waals surface area contributed by atoms with Gasteiger partial charge < -0.3 is 19.9 Å². The molecule has 35 heavy (non-hydrogen) atoms. The standard InChI is InChI=1S/C28H35N3O4/c1-6-35-28(34)26-20(3)31(25(32)17-24(26)22-11-7-19(2)8-12-22)18-21-9-13-23(14-10-21)27(33)29-15-16-30(4)5/h7-14,24H,6,15-18H2,1-5H3,(H,29,33). The molecule has 0 spiro atoms. The molecule has 2 aromatic carbocycles. The van der Waals surface area contributed by atoms with Crippen LogP contribution in [-0.4, -0.2) is 61.4 Å². The molecule has 1 N–H and O–H groups in total. The van der Waals surface area contributed by atoms with E-state index in [1.807, 2.05) is 62.3 Å². The maximum absolute atomic E-state index is 13.2. The van der Waals surface area contributed by atoms with Gasteiger partial charge in [0.15, 0.2) is 0 Å². The molecule has 7 nitrogen and oxygen atoms in total. The van der Waals surface area contributed by atoms with Crippen molar-refractivity contribution in [3.63, 3.8) is 0 Å². The Morgan fingerprint density at radius 1 is 1.06 bits per heavy atom. The summed E-state index contributed by atoms with van der Waals surface area (Å²) in [5.41, 5.74) is 4.61. The first kappa shape index (κ1) is 26.2. The summed E-state index contributed by atoms with van der Waals surface area (Å²) in [7, 11) is 3.91. The predicted octanol–water partition coefficient (Wildman–Crippen LogP) is 3.64. The predicted molar refractivity (Wildman–Crippen MR) is 136 cm³/mol. The smallest absolute Gasteiger partial charge is 0.336 e. The SMILES string of the molecule is CCOC(=O)C1=C(C)N(Cc2ccc(C(=O)NCCN(C)C)cc2)C(=O)CC1c1ccc(C)cc1. The van der Waals surface area contributed by atoms with Crippen LogP contribution in [-0.2, 0) is 20.9 Å². The number of hydrogen-bond acceptors (Lipinski definition) is 5. The lowest BCUT2D eigenvalue weighted by atomic mass is 9.83. The summed E-state index contributed by atoms with van der Waals surface area (Å²) in [5.74, 6) is -0.912. The highest BCUT2D eigenvalue weighted by Gasteiger charge is 2.36. The largest absolute Gasteiger partial charge is 0.463 e. The number of nitrogens with one attached hydrogen (secondary N) is 1. The highest BCUT2D eigenvalue weighted by Crippen LogP contribution is 2.37. The second-order valence-electron chi connectivity index (χ2n) is 9.12. The van der Waals surface area contributed by atoms with Crippen molar-refractivity contribution < 1.29 is 19.1 Å². The zero-order valence-electron chi connectivity index (χ0n) is 21.3. The number of allylic oxidation sites excluding steroid dienone is 1. The monoisotopic (exact) mass is 477 g/mol. The number of benzene rings is 2. The third kappa shape index (κ3) is 6.57. The number of carbonyl (C=O) groups is 3. The van der Waals surface area contributed by atoms with Gasteiger partial charge in [0.25, 0.3) is 5.91 Å². The van der Waals surface area contributed by atoms with E-state index in [4.69, 9.17) is 4.74 Å². The van der Waals surface area contributed by atoms with Gasteiger partial charge in [0, 0.05) is 36.7 Å². The Bertz CT molecular complexity index is 1090. The molecule has 1 aliphatic heterocycles. The molecule has 1 unspecified atom stereocenters. The van der Waals surface area contributed by atoms with E-state index in [2.05, 4.69) is 5.32 Å². The minimum Gasteiger partial charge on any atom is -0.463 e. The number of likely N-dealkylation sites (N-methyl/N-ethyl adjacent to an activating group) is 1. The molecule has 7 heteroatoms. The lowest BCUT2D eigenvalue weighted by molar-refractivity contribution is -0.140. The third-order valence-corrected chi connectivity index (χ3v) is 6.20. The Labute approximate surface area is 207 Å². The Morgan fingerprint density at radius 2 is 1.71 bits per heavy atom. The first-order valence-corrected chi connectivity index (χ1v) is 12.0. The average molecular weight is 478 g/mol. The summed E-state index contributed by atoms with van der Waals surface area (Å²) in [4.78, 5) is 42.1. The molecule has 0 fully saturated rings. The van der Waals surface area contributed by atoms with Crippen molar-refractivity contribution in [3.05, 3.63) is 82.1 Å². The molecule has 186 valence electrons. The van der Waals surface area contributed by atoms with Crippen molar-refractivity contribution in [1.82, 2.24) is 15.1 Å². The van der Waals surface area contributed by atoms with Crippen LogP contribution < -0.4 is 5.32 Å². The number of rotatable bonds is 9. The van der Waals surface area contributed by atoms with Gasteiger partial charge in [-0.15, -0.1) is 0 Å². The van der Waals surface area contributed by atoms with Crippen LogP contribution in [0.25, 0.3) is 0 Å². The molecular weight excluding hydrogens is 442 g/mol. The Balaban J connectivity index is 1.82. The molecule has 1 atom stereocenters. The van der Waals surface area contributed by atoms with E-state index in [1.165, 1.54) is 0 Å². The summed E-state index contributed by atoms with van der Waals surface area (Å²) in [6.07, 6.45) is 0.195. The number of carbonyl (C=O) groups excluding carboxylic acids is 3. The summed E-state index contributed by atoms with van der Waals surface area (Å²) in [6.45, 7) is 7.50. The van der Waals surface area contributed by atoms with Crippen LogP contribution in [0.3, 0.4) is 0 Å². The summed E-state index contributed by atoms with van der Waals surface area (Å²) >= 11 is 0. The van der Waals surface area contributed by atoms with Gasteiger partial charge in [0.2, 0.25) is 5.91 Å². The van der Waals surface area contributed by atoms with Gasteiger partial charge in [-0.25, -0.2) is 4.79 Å². The van der Waals surface area contributed by atoms with Gasteiger partial charge in [-0.2, -0.15) is 0 Å². The molecule has 1 heterocycles. The van der Waals surface area contributed by atoms with Gasteiger partial charge >= 0.3 is 5.97 Å². The first-order chi connectivity index (χ1) is 16.7. The number of aryl methyl sites for hydroxylation is 1. The molecule has 3 rings (SSSR count). The van der Waals surface area contributed by atoms with E-state index < -0.39 is 5.97 Å². The van der Waals surface area contributed by atoms with Crippen LogP contribution in [0.5, 0.6) is 0 Å². The van der Waals surface area contributed by atoms with E-state index >= 15 is 0 Å². The fourth-order valence-electron chi connectivity index (χ4n) is 4.20. The molecule has 0 aromatic heterocycles. The van der Waals surface area contributed by atoms with Gasteiger partial charge in [-0.3, -0.25) is 9.59 Å². The molecular formula is C28H35N3O4. The van der Waals surface area contributed by atoms with E-state index in [1.54, 1.807) is 30.9 Å². The maximum atomic E-state index is 13.2. The van der Waals surface area contributed by atoms with E-state index in [0.29, 0.717) is 29.9 Å². The van der Waals surface area contributed by atoms with Gasteiger partial charge in [0.05, 0.1) is 18.7 Å². The lowest BCUT2D eigenvalue weighted by Crippen LogP contribution is -2.38. The third-order valence-electron chi connectivity index (χ3n) is 6.20. The fraction of sp³-hybridized carbons (Fsp3) is 0.393. The van der Waals surface area contributed by atoms with Gasteiger partial charge in [-0.05, 0) is 58.1 Å². The average Bonchev–Trinajstić information content (AvgIpc) is 2.82. The molecule has 2 amide bonds. The van der Waals surface area contributed by atoms with Gasteiger partial charge in [0.1, 0.15) is 0 Å². The van der Waals surface area contributed by atoms with Crippen molar-refractivity contribution >= 4 is 17.8 Å². The van der Waals surface area contributed by atoms with E-state index in [9.17, 15) is 14.4 Å². The second-order valence-corrected chi connectivity index (χ2v) is 9.12. The minimum atomic E-state index is -0.391. The quantitative estimate of drug-likeness (QED) is 0.558. The highest BCUT2D eigenvalue weighted by molar-refractivity contribution is 5.96. The summed E-state index contributed by atoms with van der Waals surface area (Å²) < 4.78 is 5.37. The van der Waals surface area contributed by atoms with Crippen LogP contribution in [0.1, 0.15) is 53.2 Å². The summed E-state index contributed by atoms with van der Waals surface area (Å²) in [5, 5.41) is 2.90. The fourth-order valence-corrected chi connectivity index (χ4v) is 4.20. The van der Waals surface area contributed by atoms with E-state index in [-0.39, 0.29) is 30.8 Å². The van der Waals surface area contributed by atoms with Crippen molar-refractivity contribution in [2.45, 2.75) is 39.7 Å². The highest BCUT2D eigenvalue weighted by atomic mass is 16.5. The van der Waals surface area contributed by atoms with Crippen LogP contribution in [0.4, 0.5) is 0 Å². The number of nitrogens with zero attached hydrogens (tertiary/aromatic N) is 2. The van der Waals surface area contributed by atoms with Crippen molar-refractivity contribution in [1.29, 1.82) is 0 Å². The first-order valence-electron chi connectivity index (χ1n) is 12.0. The second kappa shape index (κ2) is 11.8. The molecule has 0 radical (unpaired) electrons. The molecule has 1 aliphatic rings. The molecule has 0 saturated carbocycles. The summed E-state index contributed by atoms with van der Waals surface area (Å²) in [6, 6.07) is 15.1. The van der Waals surface area contributed by atoms with Crippen LogP contribution in [0, 0.1) is 6.92 Å². The normalized spacial score (nSPS) is 16.0. The lowest BCUT2D eigenvalue weighted by Gasteiger charge is -2.34. The number of ether oxygens (including phenoxy) is 1. The number of amides is 2. The zero-order chi connectivity index (χ0) is 25.5. The van der Waals surface area contributed by atoms with E-state index in [0.717, 1.165) is 23.2 Å². The maximum Gasteiger partial charge on any atom is 0.336 e. The Kier molecular flexibility index (Phi) is 8.82. The molecule has 0 saturated heterocycles. The van der Waals surface area contributed by atoms with Gasteiger partial charge in [-0.1, -0.05) is 42.0 Å². The molecule has 2 aromatic rings. The molecule has 0 bridgehead atoms. The topological polar surface area (TPSA) is 79.0 Å².